The van der Waals surface area contributed by atoms with Crippen LogP contribution in [0.5, 0.6) is 5.75 Å². The zero-order valence-corrected chi connectivity index (χ0v) is 17.9. The molecule has 0 aliphatic rings. The Kier molecular flexibility index (Phi) is 7.45. The van der Waals surface area contributed by atoms with Crippen LogP contribution in [0.4, 0.5) is 11.5 Å². The molecule has 0 radical (unpaired) electrons. The Morgan fingerprint density at radius 3 is 2.64 bits per heavy atom. The fraction of sp³-hybridized carbons (Fsp3) is 0.267. The minimum absolute atomic E-state index is 0.126. The van der Waals surface area contributed by atoms with Crippen molar-refractivity contribution in [3.05, 3.63) is 28.2 Å². The summed E-state index contributed by atoms with van der Waals surface area (Å²) in [5.74, 6) is -0.865. The van der Waals surface area contributed by atoms with Gasteiger partial charge in [0.2, 0.25) is 12.2 Å². The zero-order chi connectivity index (χ0) is 20.9. The molecule has 2 aromatic rings. The third-order valence-corrected chi connectivity index (χ3v) is 7.69. The first-order valence-electron chi connectivity index (χ1n) is 7.89. The van der Waals surface area contributed by atoms with Crippen molar-refractivity contribution in [1.82, 2.24) is 8.68 Å². The van der Waals surface area contributed by atoms with Crippen molar-refractivity contribution in [2.24, 2.45) is 4.99 Å². The number of rotatable bonds is 6. The first-order chi connectivity index (χ1) is 13.3. The Bertz CT molecular complexity index is 1030. The summed E-state index contributed by atoms with van der Waals surface area (Å²) in [7, 11) is -3.89. The highest BCUT2D eigenvalue weighted by atomic mass is 35.5. The minimum atomic E-state index is -3.89. The van der Waals surface area contributed by atoms with Gasteiger partial charge in [-0.15, -0.1) is 4.99 Å². The van der Waals surface area contributed by atoms with Gasteiger partial charge in [-0.1, -0.05) is 43.1 Å². The first kappa shape index (κ1) is 22.2. The lowest BCUT2D eigenvalue weighted by Gasteiger charge is -2.17. The molecule has 1 aromatic carbocycles. The van der Waals surface area contributed by atoms with E-state index in [2.05, 4.69) is 20.0 Å². The SMILES string of the molecule is CCN(CC)S(=O)(=O)c1snc(NC(=NC#N)Nc2cccc(Cl)c2Cl)c1O. The monoisotopic (exact) mass is 462 g/mol. The number of benzene rings is 1. The molecular formula is C15H16Cl2N6O3S2. The maximum atomic E-state index is 12.6. The van der Waals surface area contributed by atoms with Crippen molar-refractivity contribution in [2.45, 2.75) is 18.1 Å². The topological polar surface area (TPSA) is 131 Å². The number of hydrogen-bond donors (Lipinski definition) is 3. The van der Waals surface area contributed by atoms with E-state index < -0.39 is 15.8 Å². The molecule has 3 N–H and O–H groups in total. The van der Waals surface area contributed by atoms with Gasteiger partial charge < -0.3 is 15.7 Å². The molecule has 0 saturated carbocycles. The second-order valence-electron chi connectivity index (χ2n) is 5.17. The largest absolute Gasteiger partial charge is 0.503 e. The number of nitrogens with one attached hydrogen (secondary N) is 2. The molecular weight excluding hydrogens is 447 g/mol. The summed E-state index contributed by atoms with van der Waals surface area (Å²) in [6.45, 7) is 3.87. The highest BCUT2D eigenvalue weighted by Crippen LogP contribution is 2.36. The predicted molar refractivity (Wildman–Crippen MR) is 111 cm³/mol. The number of guanidine groups is 1. The summed E-state index contributed by atoms with van der Waals surface area (Å²) >= 11 is 12.7. The molecule has 9 nitrogen and oxygen atoms in total. The van der Waals surface area contributed by atoms with Gasteiger partial charge in [-0.25, -0.2) is 8.42 Å². The smallest absolute Gasteiger partial charge is 0.257 e. The minimum Gasteiger partial charge on any atom is -0.503 e. The van der Waals surface area contributed by atoms with Crippen LogP contribution in [0.3, 0.4) is 0 Å². The van der Waals surface area contributed by atoms with Crippen LogP contribution in [0.1, 0.15) is 13.8 Å². The first-order valence-corrected chi connectivity index (χ1v) is 10.9. The Morgan fingerprint density at radius 2 is 2.04 bits per heavy atom. The molecule has 150 valence electrons. The number of aliphatic imine (C=N–C) groups is 1. The van der Waals surface area contributed by atoms with E-state index in [0.29, 0.717) is 17.2 Å². The highest BCUT2D eigenvalue weighted by molar-refractivity contribution is 7.91. The Labute approximate surface area is 176 Å². The summed E-state index contributed by atoms with van der Waals surface area (Å²) in [6, 6.07) is 4.82. The van der Waals surface area contributed by atoms with Crippen LogP contribution in [-0.4, -0.2) is 41.3 Å². The van der Waals surface area contributed by atoms with Crippen LogP contribution < -0.4 is 10.6 Å². The van der Waals surface area contributed by atoms with E-state index in [9.17, 15) is 13.5 Å². The summed E-state index contributed by atoms with van der Waals surface area (Å²) in [5.41, 5.74) is 0.348. The highest BCUT2D eigenvalue weighted by Gasteiger charge is 2.30. The van der Waals surface area contributed by atoms with Crippen LogP contribution in [0, 0.1) is 11.5 Å². The molecule has 0 bridgehead atoms. The van der Waals surface area contributed by atoms with Gasteiger partial charge in [-0.05, 0) is 23.7 Å². The van der Waals surface area contributed by atoms with Gasteiger partial charge in [-0.2, -0.15) is 13.9 Å². The predicted octanol–water partition coefficient (Wildman–Crippen LogP) is 3.55. The lowest BCUT2D eigenvalue weighted by molar-refractivity contribution is 0.434. The van der Waals surface area contributed by atoms with E-state index in [1.54, 1.807) is 38.2 Å². The van der Waals surface area contributed by atoms with Gasteiger partial charge in [-0.3, -0.25) is 0 Å². The van der Waals surface area contributed by atoms with Crippen LogP contribution in [-0.2, 0) is 10.0 Å². The maximum Gasteiger partial charge on any atom is 0.257 e. The van der Waals surface area contributed by atoms with Crippen molar-refractivity contribution in [3.63, 3.8) is 0 Å². The van der Waals surface area contributed by atoms with Crippen molar-refractivity contribution >= 4 is 62.2 Å². The van der Waals surface area contributed by atoms with Crippen LogP contribution in [0.2, 0.25) is 10.0 Å². The standard InChI is InChI=1S/C15H16Cl2N6O3S2/c1-3-23(4-2)28(25,26)14-12(24)13(22-27-14)21-15(19-8-18)20-10-7-5-6-9(16)11(10)17/h5-7,24H,3-4H2,1-2H3,(H2,19,20,21,22). The molecule has 1 heterocycles. The molecule has 0 unspecified atom stereocenters. The maximum absolute atomic E-state index is 12.6. The van der Waals surface area contributed by atoms with Crippen molar-refractivity contribution in [2.75, 3.05) is 23.7 Å². The molecule has 28 heavy (non-hydrogen) atoms. The van der Waals surface area contributed by atoms with E-state index in [1.807, 2.05) is 0 Å². The second kappa shape index (κ2) is 9.40. The van der Waals surface area contributed by atoms with Gasteiger partial charge in [0, 0.05) is 13.1 Å². The van der Waals surface area contributed by atoms with E-state index >= 15 is 0 Å². The Hall–Kier alpha value is -2.10. The summed E-state index contributed by atoms with van der Waals surface area (Å²) in [6.07, 6.45) is 1.59. The molecule has 0 spiro atoms. The number of halogens is 2. The van der Waals surface area contributed by atoms with Crippen LogP contribution in [0.25, 0.3) is 0 Å². The number of nitriles is 1. The summed E-state index contributed by atoms with van der Waals surface area (Å²) in [5, 5.41) is 25.1. The average Bonchev–Trinajstić information content (AvgIpc) is 3.01. The Balaban J connectivity index is 2.33. The zero-order valence-electron chi connectivity index (χ0n) is 14.8. The molecule has 0 amide bonds. The quantitative estimate of drug-likeness (QED) is 0.339. The summed E-state index contributed by atoms with van der Waals surface area (Å²) in [4.78, 5) is 3.56. The lowest BCUT2D eigenvalue weighted by atomic mass is 10.3. The van der Waals surface area contributed by atoms with E-state index in [-0.39, 0.29) is 39.1 Å². The molecule has 13 heteroatoms. The van der Waals surface area contributed by atoms with Crippen molar-refractivity contribution in [1.29, 1.82) is 5.26 Å². The number of anilines is 2. The van der Waals surface area contributed by atoms with Gasteiger partial charge in [0.05, 0.1) is 15.7 Å². The van der Waals surface area contributed by atoms with Crippen molar-refractivity contribution < 1.29 is 13.5 Å². The normalized spacial score (nSPS) is 12.1. The molecule has 2 rings (SSSR count). The molecule has 0 aliphatic carbocycles. The third-order valence-electron chi connectivity index (χ3n) is 3.52. The number of aromatic nitrogens is 1. The molecule has 0 atom stereocenters. The lowest BCUT2D eigenvalue weighted by Crippen LogP contribution is -2.30. The fourth-order valence-electron chi connectivity index (χ4n) is 2.18. The van der Waals surface area contributed by atoms with Gasteiger partial charge in [0.1, 0.15) is 0 Å². The van der Waals surface area contributed by atoms with Crippen LogP contribution in [0.15, 0.2) is 27.4 Å². The summed E-state index contributed by atoms with van der Waals surface area (Å²) < 4.78 is 30.0. The third kappa shape index (κ3) is 4.65. The van der Waals surface area contributed by atoms with Gasteiger partial charge >= 0.3 is 0 Å². The fourth-order valence-corrected chi connectivity index (χ4v) is 5.08. The van der Waals surface area contributed by atoms with E-state index in [1.165, 1.54) is 4.31 Å². The molecule has 0 aliphatic heterocycles. The van der Waals surface area contributed by atoms with Gasteiger partial charge in [0.15, 0.2) is 15.8 Å². The number of hydrogen-bond acceptors (Lipinski definition) is 7. The number of aromatic hydroxyl groups is 1. The van der Waals surface area contributed by atoms with E-state index in [0.717, 1.165) is 0 Å². The molecule has 1 aromatic heterocycles. The second-order valence-corrected chi connectivity index (χ2v) is 8.86. The molecule has 0 saturated heterocycles. The van der Waals surface area contributed by atoms with Crippen LogP contribution >= 0.6 is 34.7 Å². The van der Waals surface area contributed by atoms with E-state index in [4.69, 9.17) is 28.5 Å². The number of sulfonamides is 1. The Morgan fingerprint density at radius 1 is 1.36 bits per heavy atom. The van der Waals surface area contributed by atoms with Gasteiger partial charge in [0.25, 0.3) is 10.0 Å². The number of nitrogens with zero attached hydrogens (tertiary/aromatic N) is 4. The molecule has 0 fully saturated rings. The van der Waals surface area contributed by atoms with Crippen molar-refractivity contribution in [3.8, 4) is 11.9 Å². The average molecular weight is 463 g/mol.